The van der Waals surface area contributed by atoms with E-state index in [9.17, 15) is 9.90 Å². The molecule has 1 saturated heterocycles. The van der Waals surface area contributed by atoms with Crippen LogP contribution in [0, 0.1) is 0 Å². The van der Waals surface area contributed by atoms with Crippen molar-refractivity contribution in [3.63, 3.8) is 0 Å². The van der Waals surface area contributed by atoms with E-state index in [1.165, 1.54) is 4.90 Å². The lowest BCUT2D eigenvalue weighted by atomic mass is 10.0. The molecule has 27 heavy (non-hydrogen) atoms. The molecule has 0 spiro atoms. The van der Waals surface area contributed by atoms with E-state index in [-0.39, 0.29) is 17.7 Å². The fourth-order valence-corrected chi connectivity index (χ4v) is 3.92. The number of likely N-dealkylation sites (N-methyl/N-ethyl adjacent to an activating group) is 1. The van der Waals surface area contributed by atoms with Crippen LogP contribution in [0.2, 0.25) is 0 Å². The second-order valence-corrected chi connectivity index (χ2v) is 7.02. The maximum atomic E-state index is 13.3. The predicted molar refractivity (Wildman–Crippen MR) is 108 cm³/mol. The van der Waals surface area contributed by atoms with E-state index in [2.05, 4.69) is 17.0 Å². The SMILES string of the molecule is CCN(CC)C(=O)[C@H](c1ccccc1)[NH+]1CCN(c2ccc(O)cc2)CC1. The molecule has 0 bridgehead atoms. The fraction of sp³-hybridized carbons (Fsp3) is 0.409. The van der Waals surface area contributed by atoms with Crippen molar-refractivity contribution in [1.29, 1.82) is 0 Å². The lowest BCUT2D eigenvalue weighted by Crippen LogP contribution is -3.16. The summed E-state index contributed by atoms with van der Waals surface area (Å²) in [6, 6.07) is 17.4. The Morgan fingerprint density at radius 1 is 1.04 bits per heavy atom. The van der Waals surface area contributed by atoms with Gasteiger partial charge in [0.25, 0.3) is 5.91 Å². The van der Waals surface area contributed by atoms with Crippen molar-refractivity contribution < 1.29 is 14.8 Å². The van der Waals surface area contributed by atoms with Crippen LogP contribution in [0.25, 0.3) is 0 Å². The molecule has 1 fully saturated rings. The van der Waals surface area contributed by atoms with E-state index in [0.717, 1.165) is 50.5 Å². The molecule has 144 valence electrons. The third kappa shape index (κ3) is 4.42. The highest BCUT2D eigenvalue weighted by Gasteiger charge is 2.36. The normalized spacial score (nSPS) is 16.1. The summed E-state index contributed by atoms with van der Waals surface area (Å²) in [6.07, 6.45) is 0. The van der Waals surface area contributed by atoms with Gasteiger partial charge in [-0.15, -0.1) is 0 Å². The number of anilines is 1. The van der Waals surface area contributed by atoms with E-state index < -0.39 is 0 Å². The molecule has 2 aromatic rings. The fourth-order valence-electron chi connectivity index (χ4n) is 3.92. The summed E-state index contributed by atoms with van der Waals surface area (Å²) in [5, 5.41) is 9.49. The molecule has 1 amide bonds. The smallest absolute Gasteiger partial charge is 0.285 e. The summed E-state index contributed by atoms with van der Waals surface area (Å²) in [5.41, 5.74) is 2.22. The van der Waals surface area contributed by atoms with E-state index >= 15 is 0 Å². The first-order valence-corrected chi connectivity index (χ1v) is 9.86. The Morgan fingerprint density at radius 3 is 2.19 bits per heavy atom. The van der Waals surface area contributed by atoms with Crippen molar-refractivity contribution in [2.24, 2.45) is 0 Å². The van der Waals surface area contributed by atoms with Crippen LogP contribution in [-0.4, -0.2) is 55.2 Å². The van der Waals surface area contributed by atoms with Crippen molar-refractivity contribution in [2.75, 3.05) is 44.2 Å². The van der Waals surface area contributed by atoms with Gasteiger partial charge < -0.3 is 19.8 Å². The number of nitrogens with zero attached hydrogens (tertiary/aromatic N) is 2. The molecule has 2 N–H and O–H groups in total. The number of benzene rings is 2. The number of aromatic hydroxyl groups is 1. The van der Waals surface area contributed by atoms with Gasteiger partial charge in [-0.1, -0.05) is 30.3 Å². The molecule has 1 heterocycles. The average Bonchev–Trinajstić information content (AvgIpc) is 2.71. The molecular formula is C22H30N3O2+. The largest absolute Gasteiger partial charge is 0.508 e. The van der Waals surface area contributed by atoms with Crippen LogP contribution >= 0.6 is 0 Å². The highest BCUT2D eigenvalue weighted by Crippen LogP contribution is 2.19. The zero-order chi connectivity index (χ0) is 19.2. The maximum Gasteiger partial charge on any atom is 0.285 e. The zero-order valence-electron chi connectivity index (χ0n) is 16.3. The van der Waals surface area contributed by atoms with Gasteiger partial charge >= 0.3 is 0 Å². The number of phenolic OH excluding ortho intramolecular Hbond substituents is 1. The maximum absolute atomic E-state index is 13.3. The second kappa shape index (κ2) is 8.91. The van der Waals surface area contributed by atoms with Gasteiger partial charge in [0.15, 0.2) is 6.04 Å². The third-order valence-electron chi connectivity index (χ3n) is 5.48. The molecular weight excluding hydrogens is 338 g/mol. The minimum absolute atomic E-state index is 0.145. The molecule has 3 rings (SSSR count). The standard InChI is InChI=1S/C22H29N3O2/c1-3-23(4-2)22(27)21(18-8-6-5-7-9-18)25-16-14-24(15-17-25)19-10-12-20(26)13-11-19/h5-13,21,26H,3-4,14-17H2,1-2H3/p+1/t21-/m0/s1. The molecule has 0 saturated carbocycles. The van der Waals surface area contributed by atoms with Gasteiger partial charge in [-0.05, 0) is 38.1 Å². The second-order valence-electron chi connectivity index (χ2n) is 7.02. The topological polar surface area (TPSA) is 48.2 Å². The molecule has 0 aromatic heterocycles. The number of hydrogen-bond donors (Lipinski definition) is 2. The van der Waals surface area contributed by atoms with Crippen LogP contribution in [0.15, 0.2) is 54.6 Å². The quantitative estimate of drug-likeness (QED) is 0.816. The highest BCUT2D eigenvalue weighted by molar-refractivity contribution is 5.82. The van der Waals surface area contributed by atoms with E-state index in [1.807, 2.05) is 49.1 Å². The number of phenols is 1. The average molecular weight is 369 g/mol. The molecule has 1 aliphatic rings. The lowest BCUT2D eigenvalue weighted by molar-refractivity contribution is -0.922. The zero-order valence-corrected chi connectivity index (χ0v) is 16.3. The Morgan fingerprint density at radius 2 is 1.63 bits per heavy atom. The molecule has 1 aliphatic heterocycles. The molecule has 2 aromatic carbocycles. The number of quaternary nitrogens is 1. The minimum Gasteiger partial charge on any atom is -0.508 e. The number of amides is 1. The monoisotopic (exact) mass is 368 g/mol. The van der Waals surface area contributed by atoms with Crippen molar-refractivity contribution in [1.82, 2.24) is 4.90 Å². The Labute approximate surface area is 161 Å². The van der Waals surface area contributed by atoms with Crippen molar-refractivity contribution in [3.8, 4) is 5.75 Å². The van der Waals surface area contributed by atoms with Crippen LogP contribution in [0.1, 0.15) is 25.5 Å². The van der Waals surface area contributed by atoms with Crippen LogP contribution in [0.4, 0.5) is 5.69 Å². The lowest BCUT2D eigenvalue weighted by Gasteiger charge is -2.38. The first-order chi connectivity index (χ1) is 13.1. The van der Waals surface area contributed by atoms with E-state index in [4.69, 9.17) is 0 Å². The van der Waals surface area contributed by atoms with Gasteiger partial charge in [-0.2, -0.15) is 0 Å². The molecule has 0 unspecified atom stereocenters. The molecule has 0 radical (unpaired) electrons. The summed E-state index contributed by atoms with van der Waals surface area (Å²) in [7, 11) is 0. The minimum atomic E-state index is -0.145. The highest BCUT2D eigenvalue weighted by atomic mass is 16.3. The summed E-state index contributed by atoms with van der Waals surface area (Å²) in [5.74, 6) is 0.510. The van der Waals surface area contributed by atoms with Crippen LogP contribution in [-0.2, 0) is 4.79 Å². The molecule has 1 atom stereocenters. The Balaban J connectivity index is 1.76. The number of carbonyl (C=O) groups excluding carboxylic acids is 1. The summed E-state index contributed by atoms with van der Waals surface area (Å²) < 4.78 is 0. The van der Waals surface area contributed by atoms with Crippen molar-refractivity contribution >= 4 is 11.6 Å². The molecule has 0 aliphatic carbocycles. The summed E-state index contributed by atoms with van der Waals surface area (Å²) in [6.45, 7) is 9.19. The summed E-state index contributed by atoms with van der Waals surface area (Å²) >= 11 is 0. The van der Waals surface area contributed by atoms with Crippen LogP contribution in [0.5, 0.6) is 5.75 Å². The van der Waals surface area contributed by atoms with E-state index in [0.29, 0.717) is 0 Å². The first kappa shape index (κ1) is 19.2. The van der Waals surface area contributed by atoms with Gasteiger partial charge in [-0.3, -0.25) is 4.79 Å². The van der Waals surface area contributed by atoms with Crippen molar-refractivity contribution in [3.05, 3.63) is 60.2 Å². The molecule has 5 nitrogen and oxygen atoms in total. The van der Waals surface area contributed by atoms with Crippen molar-refractivity contribution in [2.45, 2.75) is 19.9 Å². The number of carbonyl (C=O) groups is 1. The first-order valence-electron chi connectivity index (χ1n) is 9.86. The molecule has 5 heteroatoms. The predicted octanol–water partition coefficient (Wildman–Crippen LogP) is 1.71. The van der Waals surface area contributed by atoms with Crippen LogP contribution < -0.4 is 9.80 Å². The Bertz CT molecular complexity index is 721. The number of piperazine rings is 1. The Kier molecular flexibility index (Phi) is 6.35. The summed E-state index contributed by atoms with van der Waals surface area (Å²) in [4.78, 5) is 18.9. The van der Waals surface area contributed by atoms with Gasteiger partial charge in [-0.25, -0.2) is 0 Å². The number of hydrogen-bond acceptors (Lipinski definition) is 3. The van der Waals surface area contributed by atoms with Gasteiger partial charge in [0.2, 0.25) is 0 Å². The van der Waals surface area contributed by atoms with Gasteiger partial charge in [0.1, 0.15) is 5.75 Å². The van der Waals surface area contributed by atoms with Crippen LogP contribution in [0.3, 0.4) is 0 Å². The van der Waals surface area contributed by atoms with Gasteiger partial charge in [0, 0.05) is 24.3 Å². The van der Waals surface area contributed by atoms with Gasteiger partial charge in [0.05, 0.1) is 26.2 Å². The Hall–Kier alpha value is -2.53. The number of rotatable bonds is 6. The van der Waals surface area contributed by atoms with E-state index in [1.54, 1.807) is 12.1 Å². The third-order valence-corrected chi connectivity index (χ3v) is 5.48. The number of nitrogens with one attached hydrogen (secondary N) is 1.